The van der Waals surface area contributed by atoms with Gasteiger partial charge in [0.15, 0.2) is 0 Å². The zero-order valence-corrected chi connectivity index (χ0v) is 4.92. The number of hydrogen-bond acceptors (Lipinski definition) is 3. The largest absolute Gasteiger partial charge is 0.464 e. The van der Waals surface area contributed by atoms with Gasteiger partial charge >= 0.3 is 6.09 Å². The summed E-state index contributed by atoms with van der Waals surface area (Å²) in [5, 5.41) is 9.64. The van der Waals surface area contributed by atoms with Crippen molar-refractivity contribution < 1.29 is 9.90 Å². The van der Waals surface area contributed by atoms with E-state index in [0.717, 1.165) is 19.5 Å². The third-order valence-corrected chi connectivity index (χ3v) is 1.09. The number of hydrazine groups is 2. The van der Waals surface area contributed by atoms with Crippen LogP contribution in [0, 0.1) is 0 Å². The van der Waals surface area contributed by atoms with E-state index in [-0.39, 0.29) is 0 Å². The molecule has 5 nitrogen and oxygen atoms in total. The molecule has 0 atom stereocenters. The number of amides is 1. The molecule has 1 saturated heterocycles. The van der Waals surface area contributed by atoms with Gasteiger partial charge in [0.25, 0.3) is 0 Å². The highest BCUT2D eigenvalue weighted by molar-refractivity contribution is 5.63. The van der Waals surface area contributed by atoms with Crippen LogP contribution in [-0.2, 0) is 0 Å². The van der Waals surface area contributed by atoms with E-state index in [1.165, 1.54) is 5.12 Å². The number of nitrogens with zero attached hydrogens (tertiary/aromatic N) is 1. The Morgan fingerprint density at radius 3 is 3.00 bits per heavy atom. The maximum atomic E-state index is 9.96. The first-order valence-electron chi connectivity index (χ1n) is 2.79. The average molecular weight is 131 g/mol. The van der Waals surface area contributed by atoms with Gasteiger partial charge in [-0.3, -0.25) is 0 Å². The molecule has 0 radical (unpaired) electrons. The van der Waals surface area contributed by atoms with E-state index in [4.69, 9.17) is 5.11 Å². The monoisotopic (exact) mass is 131 g/mol. The van der Waals surface area contributed by atoms with Crippen molar-refractivity contribution in [1.82, 2.24) is 16.0 Å². The summed E-state index contributed by atoms with van der Waals surface area (Å²) in [6.07, 6.45) is -0.0373. The normalized spacial score (nSPS) is 20.0. The van der Waals surface area contributed by atoms with E-state index >= 15 is 0 Å². The van der Waals surface area contributed by atoms with E-state index in [1.807, 2.05) is 0 Å². The Morgan fingerprint density at radius 1 is 1.78 bits per heavy atom. The molecule has 0 bridgehead atoms. The van der Waals surface area contributed by atoms with Gasteiger partial charge in [-0.2, -0.15) is 5.12 Å². The summed E-state index contributed by atoms with van der Waals surface area (Å²) in [5.74, 6) is 0. The third kappa shape index (κ3) is 1.87. The smallest absolute Gasteiger partial charge is 0.420 e. The van der Waals surface area contributed by atoms with Crippen LogP contribution < -0.4 is 10.9 Å². The summed E-state index contributed by atoms with van der Waals surface area (Å²) in [5.41, 5.74) is 5.01. The summed E-state index contributed by atoms with van der Waals surface area (Å²) in [6.45, 7) is 1.59. The van der Waals surface area contributed by atoms with Gasteiger partial charge < -0.3 is 5.11 Å². The van der Waals surface area contributed by atoms with E-state index in [2.05, 4.69) is 10.9 Å². The van der Waals surface area contributed by atoms with Crippen LogP contribution in [0.5, 0.6) is 0 Å². The van der Waals surface area contributed by atoms with Crippen LogP contribution in [-0.4, -0.2) is 29.4 Å². The Bertz CT molecular complexity index is 110. The fourth-order valence-corrected chi connectivity index (χ4v) is 0.741. The maximum absolute atomic E-state index is 9.96. The highest BCUT2D eigenvalue weighted by Gasteiger charge is 2.11. The lowest BCUT2D eigenvalue weighted by atomic mass is 10.5. The quantitative estimate of drug-likeness (QED) is 0.443. The van der Waals surface area contributed by atoms with Crippen molar-refractivity contribution in [3.8, 4) is 0 Å². The van der Waals surface area contributed by atoms with Crippen molar-refractivity contribution in [1.29, 1.82) is 0 Å². The Balaban J connectivity index is 2.19. The number of carboxylic acid groups (broad SMARTS) is 1. The molecule has 0 aliphatic carbocycles. The number of nitrogens with one attached hydrogen (secondary N) is 2. The molecule has 1 rings (SSSR count). The van der Waals surface area contributed by atoms with E-state index in [9.17, 15) is 4.79 Å². The molecule has 5 heteroatoms. The lowest BCUT2D eigenvalue weighted by Crippen LogP contribution is -2.45. The van der Waals surface area contributed by atoms with Crippen molar-refractivity contribution in [2.24, 2.45) is 0 Å². The zero-order valence-electron chi connectivity index (χ0n) is 4.92. The van der Waals surface area contributed by atoms with E-state index in [0.29, 0.717) is 0 Å². The van der Waals surface area contributed by atoms with Crippen LogP contribution in [0.25, 0.3) is 0 Å². The fourth-order valence-electron chi connectivity index (χ4n) is 0.741. The minimum Gasteiger partial charge on any atom is -0.464 e. The second kappa shape index (κ2) is 2.65. The molecule has 3 N–H and O–H groups in total. The van der Waals surface area contributed by atoms with Crippen LogP contribution in [0.4, 0.5) is 4.79 Å². The van der Waals surface area contributed by atoms with Gasteiger partial charge in [0, 0.05) is 13.1 Å². The molecule has 1 fully saturated rings. The van der Waals surface area contributed by atoms with Crippen LogP contribution in [0.2, 0.25) is 0 Å². The zero-order chi connectivity index (χ0) is 6.69. The van der Waals surface area contributed by atoms with Crippen LogP contribution in [0.3, 0.4) is 0 Å². The summed E-state index contributed by atoms with van der Waals surface area (Å²) in [6, 6.07) is 0. The number of carbonyl (C=O) groups is 1. The van der Waals surface area contributed by atoms with Gasteiger partial charge in [0.1, 0.15) is 0 Å². The number of hydrogen-bond donors (Lipinski definition) is 3. The van der Waals surface area contributed by atoms with Crippen molar-refractivity contribution in [3.05, 3.63) is 0 Å². The first-order valence-corrected chi connectivity index (χ1v) is 2.79. The Morgan fingerprint density at radius 2 is 2.56 bits per heavy atom. The van der Waals surface area contributed by atoms with Crippen molar-refractivity contribution in [2.45, 2.75) is 6.42 Å². The molecule has 1 heterocycles. The summed E-state index contributed by atoms with van der Waals surface area (Å²) in [4.78, 5) is 9.96. The SMILES string of the molecule is O=C(O)NN1CCCN1. The van der Waals surface area contributed by atoms with Crippen molar-refractivity contribution >= 4 is 6.09 Å². The summed E-state index contributed by atoms with van der Waals surface area (Å²) < 4.78 is 0. The van der Waals surface area contributed by atoms with Gasteiger partial charge in [-0.15, -0.1) is 0 Å². The van der Waals surface area contributed by atoms with Crippen molar-refractivity contribution in [3.63, 3.8) is 0 Å². The maximum Gasteiger partial charge on any atom is 0.420 e. The molecule has 0 aromatic heterocycles. The molecular weight excluding hydrogens is 122 g/mol. The second-order valence-corrected chi connectivity index (χ2v) is 1.83. The predicted molar refractivity (Wildman–Crippen MR) is 30.5 cm³/mol. The molecule has 1 amide bonds. The lowest BCUT2D eigenvalue weighted by Gasteiger charge is -2.12. The Kier molecular flexibility index (Phi) is 1.86. The fraction of sp³-hybridized carbons (Fsp3) is 0.750. The topological polar surface area (TPSA) is 64.6 Å². The Hall–Kier alpha value is -0.810. The molecule has 0 aromatic carbocycles. The average Bonchev–Trinajstić information content (AvgIpc) is 2.15. The second-order valence-electron chi connectivity index (χ2n) is 1.83. The molecule has 1 aliphatic rings. The minimum absolute atomic E-state index is 0.742. The number of rotatable bonds is 1. The lowest BCUT2D eigenvalue weighted by molar-refractivity contribution is 0.128. The first-order chi connectivity index (χ1) is 4.29. The van der Waals surface area contributed by atoms with Crippen LogP contribution >= 0.6 is 0 Å². The van der Waals surface area contributed by atoms with Crippen LogP contribution in [0.15, 0.2) is 0 Å². The highest BCUT2D eigenvalue weighted by Crippen LogP contribution is 1.89. The molecule has 0 aromatic rings. The highest BCUT2D eigenvalue weighted by atomic mass is 16.4. The standard InChI is InChI=1S/C4H9N3O2/c8-4(9)6-7-3-1-2-5-7/h5-6H,1-3H2,(H,8,9). The third-order valence-electron chi connectivity index (χ3n) is 1.09. The molecule has 0 spiro atoms. The molecular formula is C4H9N3O2. The molecule has 52 valence electrons. The van der Waals surface area contributed by atoms with E-state index < -0.39 is 6.09 Å². The predicted octanol–water partition coefficient (Wildman–Crippen LogP) is -0.621. The van der Waals surface area contributed by atoms with Gasteiger partial charge in [-0.05, 0) is 6.42 Å². The molecule has 1 aliphatic heterocycles. The summed E-state index contributed by atoms with van der Waals surface area (Å²) in [7, 11) is 0. The van der Waals surface area contributed by atoms with Crippen LogP contribution in [0.1, 0.15) is 6.42 Å². The summed E-state index contributed by atoms with van der Waals surface area (Å²) >= 11 is 0. The minimum atomic E-state index is -1.02. The van der Waals surface area contributed by atoms with Gasteiger partial charge in [-0.1, -0.05) is 0 Å². The van der Waals surface area contributed by atoms with Gasteiger partial charge in [-0.25, -0.2) is 15.6 Å². The molecule has 0 saturated carbocycles. The molecule has 9 heavy (non-hydrogen) atoms. The van der Waals surface area contributed by atoms with Crippen molar-refractivity contribution in [2.75, 3.05) is 13.1 Å². The first kappa shape index (κ1) is 6.31. The van der Waals surface area contributed by atoms with Gasteiger partial charge in [0.2, 0.25) is 0 Å². The Labute approximate surface area is 52.6 Å². The van der Waals surface area contributed by atoms with E-state index in [1.54, 1.807) is 0 Å². The van der Waals surface area contributed by atoms with Gasteiger partial charge in [0.05, 0.1) is 0 Å². The molecule has 0 unspecified atom stereocenters.